The zero-order valence-corrected chi connectivity index (χ0v) is 17.0. The van der Waals surface area contributed by atoms with Gasteiger partial charge in [-0.25, -0.2) is 9.59 Å². The van der Waals surface area contributed by atoms with E-state index in [9.17, 15) is 24.3 Å². The molecular formula is C21H26O8. The molecule has 0 fully saturated rings. The van der Waals surface area contributed by atoms with E-state index in [0.29, 0.717) is 6.42 Å². The summed E-state index contributed by atoms with van der Waals surface area (Å²) in [6.07, 6.45) is -1.40. The number of Topliss-reactive ketones (excluding diaryl/α,β-unsaturated/α-hetero) is 1. The maximum Gasteiger partial charge on any atom is 0.338 e. The second-order valence-corrected chi connectivity index (χ2v) is 7.40. The average molecular weight is 406 g/mol. The fourth-order valence-electron chi connectivity index (χ4n) is 3.19. The van der Waals surface area contributed by atoms with E-state index in [1.807, 2.05) is 0 Å². The molecule has 1 aliphatic carbocycles. The predicted molar refractivity (Wildman–Crippen MR) is 101 cm³/mol. The number of aliphatic hydroxyl groups excluding tert-OH is 1. The number of carbonyl (C=O) groups is 4. The number of hydrogen-bond donors (Lipinski definition) is 1. The van der Waals surface area contributed by atoms with Gasteiger partial charge in [0.15, 0.2) is 6.10 Å². The van der Waals surface area contributed by atoms with E-state index < -0.39 is 48.7 Å². The summed E-state index contributed by atoms with van der Waals surface area (Å²) in [6, 6.07) is 0. The van der Waals surface area contributed by atoms with Gasteiger partial charge in [0.05, 0.1) is 5.57 Å². The van der Waals surface area contributed by atoms with Crippen molar-refractivity contribution in [2.75, 3.05) is 6.61 Å². The van der Waals surface area contributed by atoms with Gasteiger partial charge < -0.3 is 19.3 Å². The zero-order chi connectivity index (χ0) is 21.9. The Labute approximate surface area is 169 Å². The lowest BCUT2D eigenvalue weighted by atomic mass is 9.84. The van der Waals surface area contributed by atoms with Crippen molar-refractivity contribution in [1.29, 1.82) is 0 Å². The molecule has 8 heteroatoms. The van der Waals surface area contributed by atoms with Gasteiger partial charge in [-0.2, -0.15) is 0 Å². The fraction of sp³-hybridized carbons (Fsp3) is 0.524. The van der Waals surface area contributed by atoms with Crippen LogP contribution in [-0.2, 0) is 33.4 Å². The largest absolute Gasteiger partial charge is 0.461 e. The number of carbonyl (C=O) groups excluding carboxylic acids is 4. The number of fused-ring (bicyclic) bond motifs is 1. The van der Waals surface area contributed by atoms with E-state index in [1.165, 1.54) is 20.8 Å². The molecular weight excluding hydrogens is 380 g/mol. The van der Waals surface area contributed by atoms with Crippen LogP contribution in [0, 0.1) is 5.92 Å². The molecule has 4 unspecified atom stereocenters. The zero-order valence-electron chi connectivity index (χ0n) is 17.0. The van der Waals surface area contributed by atoms with Crippen LogP contribution in [0.15, 0.2) is 34.9 Å². The van der Waals surface area contributed by atoms with Gasteiger partial charge in [0.1, 0.15) is 24.6 Å². The Kier molecular flexibility index (Phi) is 7.13. The van der Waals surface area contributed by atoms with Crippen molar-refractivity contribution >= 4 is 23.7 Å². The van der Waals surface area contributed by atoms with Crippen molar-refractivity contribution in [1.82, 2.24) is 0 Å². The third kappa shape index (κ3) is 5.20. The number of ether oxygens (including phenoxy) is 3. The Balaban J connectivity index is 2.63. The van der Waals surface area contributed by atoms with Crippen molar-refractivity contribution in [2.45, 2.75) is 58.8 Å². The first-order valence-electron chi connectivity index (χ1n) is 9.34. The van der Waals surface area contributed by atoms with Crippen molar-refractivity contribution in [3.8, 4) is 0 Å². The van der Waals surface area contributed by atoms with Crippen LogP contribution >= 0.6 is 0 Å². The second kappa shape index (κ2) is 9.17. The van der Waals surface area contributed by atoms with Gasteiger partial charge in [0.25, 0.3) is 0 Å². The molecule has 0 saturated carbocycles. The van der Waals surface area contributed by atoms with Crippen molar-refractivity contribution in [3.05, 3.63) is 34.9 Å². The van der Waals surface area contributed by atoms with Gasteiger partial charge in [0, 0.05) is 30.4 Å². The van der Waals surface area contributed by atoms with Gasteiger partial charge in [-0.15, -0.1) is 0 Å². The van der Waals surface area contributed by atoms with Crippen LogP contribution < -0.4 is 0 Å². The molecule has 2 aliphatic rings. The van der Waals surface area contributed by atoms with E-state index in [-0.39, 0.29) is 28.9 Å². The molecule has 2 rings (SSSR count). The molecule has 1 N–H and O–H groups in total. The van der Waals surface area contributed by atoms with Crippen molar-refractivity contribution < 1.29 is 38.5 Å². The van der Waals surface area contributed by atoms with Crippen LogP contribution in [-0.4, -0.2) is 53.7 Å². The quantitative estimate of drug-likeness (QED) is 0.324. The molecule has 29 heavy (non-hydrogen) atoms. The molecule has 0 aromatic carbocycles. The van der Waals surface area contributed by atoms with E-state index in [2.05, 4.69) is 6.58 Å². The summed E-state index contributed by atoms with van der Waals surface area (Å²) >= 11 is 0. The van der Waals surface area contributed by atoms with Crippen molar-refractivity contribution in [2.24, 2.45) is 5.92 Å². The number of esters is 3. The third-order valence-corrected chi connectivity index (χ3v) is 4.98. The minimum Gasteiger partial charge on any atom is -0.461 e. The fourth-order valence-corrected chi connectivity index (χ4v) is 3.19. The number of aliphatic hydroxyl groups is 1. The molecule has 1 heterocycles. The van der Waals surface area contributed by atoms with Gasteiger partial charge in [0.2, 0.25) is 0 Å². The Bertz CT molecular complexity index is 803. The monoisotopic (exact) mass is 406 g/mol. The number of allylic oxidation sites excluding steroid dienone is 1. The van der Waals surface area contributed by atoms with E-state index in [0.717, 1.165) is 5.57 Å². The molecule has 0 bridgehead atoms. The first-order valence-corrected chi connectivity index (χ1v) is 9.34. The minimum atomic E-state index is -1.42. The van der Waals surface area contributed by atoms with E-state index in [1.54, 1.807) is 13.0 Å². The van der Waals surface area contributed by atoms with Crippen LogP contribution in [0.5, 0.6) is 0 Å². The Morgan fingerprint density at radius 3 is 2.52 bits per heavy atom. The standard InChI is InChI=1S/C21H26O8/c1-10(2)20(25)29-19-17-14(9-27-13(5)22)21(26)28-16(17)8-11(3)6-7-15(23)12(4)18(19)24/h8,12,16,18-19,24H,1,6-7,9H2,2-5H3. The molecule has 8 nitrogen and oxygen atoms in total. The van der Waals surface area contributed by atoms with E-state index in [4.69, 9.17) is 14.2 Å². The Hall–Kier alpha value is -2.74. The number of rotatable bonds is 4. The second-order valence-electron chi connectivity index (χ2n) is 7.40. The molecule has 0 amide bonds. The highest BCUT2D eigenvalue weighted by Crippen LogP contribution is 2.34. The van der Waals surface area contributed by atoms with Crippen LogP contribution in [0.4, 0.5) is 0 Å². The van der Waals surface area contributed by atoms with Crippen LogP contribution in [0.25, 0.3) is 0 Å². The molecule has 0 aromatic rings. The van der Waals surface area contributed by atoms with Crippen LogP contribution in [0.2, 0.25) is 0 Å². The highest BCUT2D eigenvalue weighted by Gasteiger charge is 2.45. The smallest absolute Gasteiger partial charge is 0.338 e. The number of ketones is 1. The molecule has 0 saturated heterocycles. The van der Waals surface area contributed by atoms with Gasteiger partial charge in [-0.3, -0.25) is 9.59 Å². The lowest BCUT2D eigenvalue weighted by molar-refractivity contribution is -0.152. The summed E-state index contributed by atoms with van der Waals surface area (Å²) in [7, 11) is 0. The van der Waals surface area contributed by atoms with Gasteiger partial charge in [-0.05, 0) is 26.3 Å². The molecule has 4 atom stereocenters. The molecule has 0 spiro atoms. The molecule has 0 radical (unpaired) electrons. The molecule has 1 aliphatic heterocycles. The highest BCUT2D eigenvalue weighted by atomic mass is 16.6. The van der Waals surface area contributed by atoms with Crippen molar-refractivity contribution in [3.63, 3.8) is 0 Å². The number of hydrogen-bond acceptors (Lipinski definition) is 8. The summed E-state index contributed by atoms with van der Waals surface area (Å²) in [5.74, 6) is -3.20. The highest BCUT2D eigenvalue weighted by molar-refractivity contribution is 5.94. The molecule has 0 aromatic heterocycles. The van der Waals surface area contributed by atoms with Crippen LogP contribution in [0.1, 0.15) is 40.5 Å². The predicted octanol–water partition coefficient (Wildman–Crippen LogP) is 1.57. The summed E-state index contributed by atoms with van der Waals surface area (Å²) in [6.45, 7) is 9.08. The topological polar surface area (TPSA) is 116 Å². The lowest BCUT2D eigenvalue weighted by Gasteiger charge is -2.30. The summed E-state index contributed by atoms with van der Waals surface area (Å²) in [5.41, 5.74) is 1.03. The van der Waals surface area contributed by atoms with E-state index >= 15 is 0 Å². The maximum atomic E-state index is 12.5. The molecule has 158 valence electrons. The van der Waals surface area contributed by atoms with Crippen LogP contribution in [0.3, 0.4) is 0 Å². The summed E-state index contributed by atoms with van der Waals surface area (Å²) < 4.78 is 15.8. The maximum absolute atomic E-state index is 12.5. The van der Waals surface area contributed by atoms with Gasteiger partial charge in [-0.1, -0.05) is 19.1 Å². The minimum absolute atomic E-state index is 0.0203. The first kappa shape index (κ1) is 22.5. The lowest BCUT2D eigenvalue weighted by Crippen LogP contribution is -2.43. The summed E-state index contributed by atoms with van der Waals surface area (Å²) in [5, 5.41) is 10.9. The average Bonchev–Trinajstić information content (AvgIpc) is 2.94. The summed E-state index contributed by atoms with van der Waals surface area (Å²) in [4.78, 5) is 48.4. The Morgan fingerprint density at radius 1 is 1.28 bits per heavy atom. The first-order chi connectivity index (χ1) is 13.5. The SMILES string of the molecule is C=C(C)C(=O)OC1C2=C(COC(C)=O)C(=O)OC2C=C(C)CCC(=O)C(C)C1O. The Morgan fingerprint density at radius 2 is 1.93 bits per heavy atom. The van der Waals surface area contributed by atoms with Gasteiger partial charge >= 0.3 is 17.9 Å². The third-order valence-electron chi connectivity index (χ3n) is 4.98. The normalized spacial score (nSPS) is 27.6.